The summed E-state index contributed by atoms with van der Waals surface area (Å²) < 4.78 is 4.62. The summed E-state index contributed by atoms with van der Waals surface area (Å²) in [4.78, 5) is 46.0. The monoisotopic (exact) mass is 546 g/mol. The minimum atomic E-state index is -0.698. The molecule has 2 unspecified atom stereocenters. The van der Waals surface area contributed by atoms with Crippen molar-refractivity contribution in [1.29, 1.82) is 0 Å². The Kier molecular flexibility index (Phi) is 9.34. The van der Waals surface area contributed by atoms with Gasteiger partial charge in [-0.3, -0.25) is 14.4 Å². The van der Waals surface area contributed by atoms with Crippen LogP contribution in [0, 0.1) is 11.8 Å². The highest BCUT2D eigenvalue weighted by molar-refractivity contribution is 8.02. The molecule has 3 heterocycles. The van der Waals surface area contributed by atoms with E-state index >= 15 is 0 Å². The number of ether oxygens (including phenoxy) is 1. The third-order valence-electron chi connectivity index (χ3n) is 9.45. The Morgan fingerprint density at radius 2 is 1.95 bits per heavy atom. The fraction of sp³-hybridized carbons (Fsp3) is 0.767. The minimum Gasteiger partial charge on any atom is -0.465 e. The summed E-state index contributed by atoms with van der Waals surface area (Å²) in [5.41, 5.74) is 0. The fourth-order valence-corrected chi connectivity index (χ4v) is 9.89. The summed E-state index contributed by atoms with van der Waals surface area (Å²) in [7, 11) is 0. The number of carbonyl (C=O) groups excluding carboxylic acids is 3. The molecular weight excluding hydrogens is 500 g/mol. The molecule has 0 aromatic carbocycles. The Balaban J connectivity index is 1.68. The molecule has 0 aromatic heterocycles. The molecule has 3 saturated heterocycles. The van der Waals surface area contributed by atoms with Crippen molar-refractivity contribution in [2.24, 2.45) is 11.8 Å². The lowest BCUT2D eigenvalue weighted by atomic mass is 9.66. The number of likely N-dealkylation sites (tertiary alicyclic amines) is 1. The number of amides is 2. The summed E-state index contributed by atoms with van der Waals surface area (Å²) in [6.07, 6.45) is 13.5. The molecule has 2 bridgehead atoms. The van der Waals surface area contributed by atoms with Gasteiger partial charge in [-0.15, -0.1) is 24.9 Å². The number of hydrogen-bond acceptors (Lipinski definition) is 6. The van der Waals surface area contributed by atoms with Crippen LogP contribution in [0.3, 0.4) is 0 Å². The van der Waals surface area contributed by atoms with E-state index in [1.807, 2.05) is 17.9 Å². The van der Waals surface area contributed by atoms with Gasteiger partial charge in [0.2, 0.25) is 11.8 Å². The number of carbonyl (C=O) groups is 3. The third-order valence-corrected chi connectivity index (χ3v) is 11.4. The molecule has 4 aliphatic rings. The van der Waals surface area contributed by atoms with E-state index in [0.29, 0.717) is 26.0 Å². The number of esters is 1. The smallest absolute Gasteiger partial charge is 0.311 e. The molecule has 1 aliphatic carbocycles. The molecular formula is C30H46N2O5S. The molecule has 1 saturated carbocycles. The first-order valence-corrected chi connectivity index (χ1v) is 15.4. The van der Waals surface area contributed by atoms with Gasteiger partial charge in [0.15, 0.2) is 0 Å². The summed E-state index contributed by atoms with van der Waals surface area (Å²) in [6, 6.07) is -1.03. The number of rotatable bonds is 13. The maximum atomic E-state index is 14.6. The van der Waals surface area contributed by atoms with Crippen molar-refractivity contribution in [3.8, 4) is 0 Å². The zero-order valence-corrected chi connectivity index (χ0v) is 24.1. The molecule has 7 nitrogen and oxygen atoms in total. The van der Waals surface area contributed by atoms with E-state index in [4.69, 9.17) is 4.74 Å². The largest absolute Gasteiger partial charge is 0.465 e. The van der Waals surface area contributed by atoms with Crippen LogP contribution in [0.5, 0.6) is 0 Å². The van der Waals surface area contributed by atoms with E-state index in [2.05, 4.69) is 20.1 Å². The highest BCUT2D eigenvalue weighted by Crippen LogP contribution is 2.72. The molecule has 38 heavy (non-hydrogen) atoms. The average Bonchev–Trinajstić information content (AvgIpc) is 3.49. The Bertz CT molecular complexity index is 916. The van der Waals surface area contributed by atoms with E-state index in [1.54, 1.807) is 22.7 Å². The van der Waals surface area contributed by atoms with Crippen molar-refractivity contribution in [2.45, 2.75) is 112 Å². The van der Waals surface area contributed by atoms with Gasteiger partial charge < -0.3 is 19.6 Å². The molecule has 1 N–H and O–H groups in total. The third kappa shape index (κ3) is 4.96. The number of allylic oxidation sites excluding steroid dienone is 1. The first-order valence-electron chi connectivity index (χ1n) is 14.6. The zero-order chi connectivity index (χ0) is 27.5. The molecule has 212 valence electrons. The van der Waals surface area contributed by atoms with Crippen LogP contribution in [0.2, 0.25) is 0 Å². The fourth-order valence-electron chi connectivity index (χ4n) is 7.57. The van der Waals surface area contributed by atoms with Crippen LogP contribution in [0.25, 0.3) is 0 Å². The Hall–Kier alpha value is -1.80. The molecule has 4 fully saturated rings. The quantitative estimate of drug-likeness (QED) is 0.208. The Morgan fingerprint density at radius 1 is 1.21 bits per heavy atom. The van der Waals surface area contributed by atoms with Gasteiger partial charge in [-0.05, 0) is 58.3 Å². The highest BCUT2D eigenvalue weighted by Gasteiger charge is 2.78. The normalized spacial score (nSPS) is 33.2. The van der Waals surface area contributed by atoms with Gasteiger partial charge in [-0.25, -0.2) is 0 Å². The first kappa shape index (κ1) is 29.2. The van der Waals surface area contributed by atoms with E-state index in [-0.39, 0.29) is 30.4 Å². The number of unbranched alkanes of at least 4 members (excludes halogenated alkanes) is 2. The number of aliphatic hydroxyl groups is 1. The molecule has 8 heteroatoms. The van der Waals surface area contributed by atoms with Crippen molar-refractivity contribution < 1.29 is 24.2 Å². The van der Waals surface area contributed by atoms with Gasteiger partial charge in [-0.2, -0.15) is 0 Å². The number of thioether (sulfide) groups is 1. The van der Waals surface area contributed by atoms with Crippen molar-refractivity contribution in [3.63, 3.8) is 0 Å². The van der Waals surface area contributed by atoms with Crippen LogP contribution in [-0.2, 0) is 19.1 Å². The summed E-state index contributed by atoms with van der Waals surface area (Å²) in [6.45, 7) is 12.2. The van der Waals surface area contributed by atoms with Gasteiger partial charge in [0.1, 0.15) is 6.04 Å². The predicted octanol–water partition coefficient (Wildman–Crippen LogP) is 4.49. The average molecular weight is 547 g/mol. The molecule has 1 spiro atoms. The van der Waals surface area contributed by atoms with Crippen molar-refractivity contribution in [1.82, 2.24) is 9.80 Å². The summed E-state index contributed by atoms with van der Waals surface area (Å²) in [5.74, 6) is -1.74. The SMILES string of the molecule is C=CCCCCOC(=O)[C@H]1[C@H]2C(=O)N([C@@H](CC)CO)C(C(=O)N(CC=C)C3CCCCC3)C23CC[C@]1(C)S3. The Morgan fingerprint density at radius 3 is 2.58 bits per heavy atom. The van der Waals surface area contributed by atoms with E-state index in [0.717, 1.165) is 51.4 Å². The van der Waals surface area contributed by atoms with Crippen molar-refractivity contribution in [3.05, 3.63) is 25.3 Å². The van der Waals surface area contributed by atoms with E-state index < -0.39 is 33.4 Å². The van der Waals surface area contributed by atoms with Crippen LogP contribution >= 0.6 is 11.8 Å². The Labute approximate surface area is 232 Å². The van der Waals surface area contributed by atoms with Crippen molar-refractivity contribution >= 4 is 29.5 Å². The number of aliphatic hydroxyl groups excluding tert-OH is 1. The minimum absolute atomic E-state index is 0.0465. The van der Waals surface area contributed by atoms with Crippen molar-refractivity contribution in [2.75, 3.05) is 19.8 Å². The lowest BCUT2D eigenvalue weighted by Gasteiger charge is -2.42. The van der Waals surface area contributed by atoms with Crippen LogP contribution < -0.4 is 0 Å². The number of hydrogen-bond donors (Lipinski definition) is 1. The first-order chi connectivity index (χ1) is 18.3. The van der Waals surface area contributed by atoms with Crippen LogP contribution in [-0.4, -0.2) is 80.1 Å². The van der Waals surface area contributed by atoms with Crippen LogP contribution in [0.15, 0.2) is 25.3 Å². The van der Waals surface area contributed by atoms with Crippen LogP contribution in [0.4, 0.5) is 0 Å². The lowest BCUT2D eigenvalue weighted by molar-refractivity contribution is -0.156. The molecule has 4 rings (SSSR count). The summed E-state index contributed by atoms with van der Waals surface area (Å²) >= 11 is 1.67. The molecule has 3 aliphatic heterocycles. The highest BCUT2D eigenvalue weighted by atomic mass is 32.2. The second-order valence-corrected chi connectivity index (χ2v) is 13.6. The second-order valence-electron chi connectivity index (χ2n) is 11.7. The molecule has 0 radical (unpaired) electrons. The molecule has 2 amide bonds. The summed E-state index contributed by atoms with van der Waals surface area (Å²) in [5, 5.41) is 10.3. The van der Waals surface area contributed by atoms with Gasteiger partial charge in [-0.1, -0.05) is 38.3 Å². The topological polar surface area (TPSA) is 87.1 Å². The molecule has 0 aromatic rings. The van der Waals surface area contributed by atoms with E-state index in [1.165, 1.54) is 6.42 Å². The van der Waals surface area contributed by atoms with Gasteiger partial charge in [0.25, 0.3) is 0 Å². The maximum Gasteiger partial charge on any atom is 0.311 e. The van der Waals surface area contributed by atoms with Gasteiger partial charge >= 0.3 is 5.97 Å². The predicted molar refractivity (Wildman–Crippen MR) is 151 cm³/mol. The lowest BCUT2D eigenvalue weighted by Crippen LogP contribution is -2.59. The van der Waals surface area contributed by atoms with Gasteiger partial charge in [0.05, 0.1) is 35.8 Å². The molecule has 6 atom stereocenters. The van der Waals surface area contributed by atoms with Gasteiger partial charge in [0, 0.05) is 17.3 Å². The number of nitrogens with zero attached hydrogens (tertiary/aromatic N) is 2. The van der Waals surface area contributed by atoms with Crippen LogP contribution in [0.1, 0.15) is 84.5 Å². The second kappa shape index (κ2) is 12.2. The number of fused-ring (bicyclic) bond motifs is 1. The van der Waals surface area contributed by atoms with E-state index in [9.17, 15) is 19.5 Å². The maximum absolute atomic E-state index is 14.6. The standard InChI is InChI=1S/C30H46N2O5S/c1-5-8-9-13-19-37-28(36)24-23-26(34)32(21(7-3)20-33)25(30(23)17-16-29(24,4)38-30)27(35)31(18-6-2)22-14-11-10-12-15-22/h5-6,21-25,33H,1-2,7-20H2,3-4H3/t21-,23-,24+,25?,29-,30?/m0/s1. The zero-order valence-electron chi connectivity index (χ0n) is 23.2.